The van der Waals surface area contributed by atoms with Crippen LogP contribution in [0.2, 0.25) is 0 Å². The van der Waals surface area contributed by atoms with E-state index < -0.39 is 11.4 Å². The minimum atomic E-state index is -0.672. The van der Waals surface area contributed by atoms with E-state index in [2.05, 4.69) is 15.1 Å². The molecule has 0 amide bonds. The summed E-state index contributed by atoms with van der Waals surface area (Å²) >= 11 is 0. The molecule has 146 valence electrons. The van der Waals surface area contributed by atoms with Crippen molar-refractivity contribution in [3.63, 3.8) is 0 Å². The Kier molecular flexibility index (Phi) is 3.47. The van der Waals surface area contributed by atoms with Crippen LogP contribution in [-0.2, 0) is 5.41 Å². The zero-order chi connectivity index (χ0) is 20.5. The Labute approximate surface area is 164 Å². The van der Waals surface area contributed by atoms with E-state index in [0.29, 0.717) is 17.1 Å². The number of nitrogens with zero attached hydrogens (tertiary/aromatic N) is 6. The van der Waals surface area contributed by atoms with Gasteiger partial charge in [-0.15, -0.1) is 0 Å². The lowest BCUT2D eigenvalue weighted by atomic mass is 10.1. The monoisotopic (exact) mass is 392 g/mol. The maximum absolute atomic E-state index is 14.3. The molecule has 0 atom stereocenters. The van der Waals surface area contributed by atoms with Gasteiger partial charge in [0.05, 0.1) is 11.0 Å². The van der Waals surface area contributed by atoms with Gasteiger partial charge in [-0.2, -0.15) is 10.2 Å². The summed E-state index contributed by atoms with van der Waals surface area (Å²) in [5.74, 6) is 0.103. The van der Waals surface area contributed by atoms with Crippen LogP contribution in [0.25, 0.3) is 28.1 Å². The lowest BCUT2D eigenvalue weighted by Gasteiger charge is -2.16. The summed E-state index contributed by atoms with van der Waals surface area (Å²) < 4.78 is 22.7. The lowest BCUT2D eigenvalue weighted by molar-refractivity contribution is 0.353. The van der Waals surface area contributed by atoms with Crippen LogP contribution in [0.3, 0.4) is 0 Å². The van der Waals surface area contributed by atoms with Gasteiger partial charge in [-0.25, -0.2) is 9.37 Å². The molecule has 1 fully saturated rings. The van der Waals surface area contributed by atoms with E-state index in [1.165, 1.54) is 23.0 Å². The van der Waals surface area contributed by atoms with Crippen molar-refractivity contribution in [2.24, 2.45) is 0 Å². The van der Waals surface area contributed by atoms with Crippen molar-refractivity contribution in [3.05, 3.63) is 46.1 Å². The maximum Gasteiger partial charge on any atom is 0.278 e. The number of benzene rings is 1. The van der Waals surface area contributed by atoms with Gasteiger partial charge >= 0.3 is 0 Å². The normalized spacial score (nSPS) is 15.3. The van der Waals surface area contributed by atoms with Crippen LogP contribution in [0.4, 0.5) is 4.39 Å². The fourth-order valence-electron chi connectivity index (χ4n) is 3.67. The van der Waals surface area contributed by atoms with Gasteiger partial charge in [0.1, 0.15) is 35.0 Å². The highest BCUT2D eigenvalue weighted by Crippen LogP contribution is 2.47. The van der Waals surface area contributed by atoms with E-state index in [4.69, 9.17) is 4.52 Å². The maximum atomic E-state index is 14.3. The smallest absolute Gasteiger partial charge is 0.278 e. The number of nitriles is 1. The third kappa shape index (κ3) is 2.35. The second-order valence-electron chi connectivity index (χ2n) is 7.97. The number of hydrogen-bond donors (Lipinski definition) is 0. The van der Waals surface area contributed by atoms with Crippen molar-refractivity contribution in [1.82, 2.24) is 24.1 Å². The first-order valence-corrected chi connectivity index (χ1v) is 9.34. The van der Waals surface area contributed by atoms with Crippen molar-refractivity contribution in [3.8, 4) is 17.6 Å². The number of imidazole rings is 1. The Morgan fingerprint density at radius 3 is 2.72 bits per heavy atom. The Morgan fingerprint density at radius 2 is 2.07 bits per heavy atom. The number of fused-ring (bicyclic) bond motifs is 3. The second-order valence-corrected chi connectivity index (χ2v) is 7.97. The first kappa shape index (κ1) is 17.6. The molecule has 8 nitrogen and oxygen atoms in total. The first-order valence-electron chi connectivity index (χ1n) is 9.34. The SMILES string of the molecule is CC(C)n1c(=O)c2c(-c3noc(C4(C)CC4)n3)ncn2c2ccc(F)c(C#N)c21. The van der Waals surface area contributed by atoms with Gasteiger partial charge in [0.15, 0.2) is 0 Å². The Hall–Kier alpha value is -3.54. The molecule has 0 unspecified atom stereocenters. The number of halogens is 1. The van der Waals surface area contributed by atoms with Crippen LogP contribution in [0.15, 0.2) is 27.8 Å². The Bertz CT molecular complexity index is 1400. The zero-order valence-corrected chi connectivity index (χ0v) is 16.1. The minimum Gasteiger partial charge on any atom is -0.338 e. The van der Waals surface area contributed by atoms with Crippen LogP contribution in [-0.4, -0.2) is 24.1 Å². The van der Waals surface area contributed by atoms with E-state index in [9.17, 15) is 14.4 Å². The Morgan fingerprint density at radius 1 is 1.31 bits per heavy atom. The average molecular weight is 392 g/mol. The van der Waals surface area contributed by atoms with E-state index in [-0.39, 0.29) is 33.9 Å². The third-order valence-corrected chi connectivity index (χ3v) is 5.58. The molecule has 3 aromatic heterocycles. The van der Waals surface area contributed by atoms with Gasteiger partial charge in [-0.1, -0.05) is 12.1 Å². The number of aromatic nitrogens is 5. The highest BCUT2D eigenvalue weighted by Gasteiger charge is 2.44. The molecule has 0 bridgehead atoms. The zero-order valence-electron chi connectivity index (χ0n) is 16.1. The summed E-state index contributed by atoms with van der Waals surface area (Å²) in [7, 11) is 0. The largest absolute Gasteiger partial charge is 0.338 e. The van der Waals surface area contributed by atoms with Crippen LogP contribution in [0.1, 0.15) is 51.1 Å². The molecule has 5 rings (SSSR count). The van der Waals surface area contributed by atoms with Gasteiger partial charge in [-0.3, -0.25) is 9.20 Å². The van der Waals surface area contributed by atoms with Gasteiger partial charge in [0, 0.05) is 11.5 Å². The quantitative estimate of drug-likeness (QED) is 0.530. The molecule has 29 heavy (non-hydrogen) atoms. The molecule has 9 heteroatoms. The molecule has 1 aromatic carbocycles. The molecular formula is C20H17FN6O2. The molecule has 0 N–H and O–H groups in total. The van der Waals surface area contributed by atoms with Crippen LogP contribution >= 0.6 is 0 Å². The number of rotatable bonds is 3. The Balaban J connectivity index is 1.88. The lowest BCUT2D eigenvalue weighted by Crippen LogP contribution is -2.25. The predicted octanol–water partition coefficient (Wildman–Crippen LogP) is 3.34. The summed E-state index contributed by atoms with van der Waals surface area (Å²) in [6.45, 7) is 5.66. The first-order chi connectivity index (χ1) is 13.9. The molecule has 0 spiro atoms. The molecule has 3 heterocycles. The van der Waals surface area contributed by atoms with E-state index in [0.717, 1.165) is 12.8 Å². The predicted molar refractivity (Wildman–Crippen MR) is 102 cm³/mol. The summed E-state index contributed by atoms with van der Waals surface area (Å²) in [5, 5.41) is 13.5. The fraction of sp³-hybridized carbons (Fsp3) is 0.350. The van der Waals surface area contributed by atoms with Crippen molar-refractivity contribution in [1.29, 1.82) is 5.26 Å². The molecule has 1 saturated carbocycles. The molecule has 1 aliphatic carbocycles. The average Bonchev–Trinajstić information content (AvgIpc) is 3.11. The van der Waals surface area contributed by atoms with E-state index in [1.807, 2.05) is 13.0 Å². The minimum absolute atomic E-state index is 0.106. The molecule has 4 aromatic rings. The second kappa shape index (κ2) is 5.73. The molecule has 0 aliphatic heterocycles. The van der Waals surface area contributed by atoms with Crippen molar-refractivity contribution < 1.29 is 8.91 Å². The van der Waals surface area contributed by atoms with Crippen LogP contribution in [0.5, 0.6) is 0 Å². The van der Waals surface area contributed by atoms with E-state index >= 15 is 0 Å². The van der Waals surface area contributed by atoms with Gasteiger partial charge in [0.2, 0.25) is 11.7 Å². The van der Waals surface area contributed by atoms with Gasteiger partial charge in [0.25, 0.3) is 5.56 Å². The molecule has 0 radical (unpaired) electrons. The van der Waals surface area contributed by atoms with Crippen molar-refractivity contribution in [2.45, 2.75) is 45.1 Å². The highest BCUT2D eigenvalue weighted by molar-refractivity contribution is 5.87. The third-order valence-electron chi connectivity index (χ3n) is 5.58. The molecule has 0 saturated heterocycles. The fourth-order valence-corrected chi connectivity index (χ4v) is 3.67. The topological polar surface area (TPSA) is 102 Å². The number of hydrogen-bond acceptors (Lipinski definition) is 6. The van der Waals surface area contributed by atoms with Crippen molar-refractivity contribution >= 4 is 16.6 Å². The summed E-state index contributed by atoms with van der Waals surface area (Å²) in [6, 6.07) is 4.33. The van der Waals surface area contributed by atoms with Gasteiger partial charge in [-0.05, 0) is 38.8 Å². The highest BCUT2D eigenvalue weighted by atomic mass is 19.1. The molecule has 1 aliphatic rings. The summed E-state index contributed by atoms with van der Waals surface area (Å²) in [6.07, 6.45) is 3.42. The molecular weight excluding hydrogens is 375 g/mol. The van der Waals surface area contributed by atoms with E-state index in [1.54, 1.807) is 18.2 Å². The summed E-state index contributed by atoms with van der Waals surface area (Å²) in [4.78, 5) is 22.2. The van der Waals surface area contributed by atoms with Crippen molar-refractivity contribution in [2.75, 3.05) is 0 Å². The van der Waals surface area contributed by atoms with Crippen LogP contribution in [0, 0.1) is 17.1 Å². The standard InChI is InChI=1S/C20H17FN6O2/c1-10(2)27-15-11(8-22)12(21)4-5-13(15)26-9-23-14(16(26)18(27)28)17-24-19(29-25-17)20(3)6-7-20/h4-5,9-10H,6-7H2,1-3H3. The summed E-state index contributed by atoms with van der Waals surface area (Å²) in [5.41, 5.74) is 0.625. The van der Waals surface area contributed by atoms with Gasteiger partial charge < -0.3 is 9.09 Å². The van der Waals surface area contributed by atoms with Crippen LogP contribution < -0.4 is 5.56 Å².